The maximum atomic E-state index is 12.5. The maximum absolute atomic E-state index is 12.5. The van der Waals surface area contributed by atoms with Crippen molar-refractivity contribution in [1.82, 2.24) is 0 Å². The lowest BCUT2D eigenvalue weighted by atomic mass is 9.81. The van der Waals surface area contributed by atoms with Crippen LogP contribution in [0.4, 0.5) is 8.78 Å². The lowest BCUT2D eigenvalue weighted by molar-refractivity contribution is -0.268. The Bertz CT molecular complexity index is 144. The van der Waals surface area contributed by atoms with Gasteiger partial charge >= 0.3 is 6.11 Å². The number of hydrogen-bond acceptors (Lipinski definition) is 2. The Morgan fingerprint density at radius 1 is 1.50 bits per heavy atom. The van der Waals surface area contributed by atoms with Crippen LogP contribution in [0.25, 0.3) is 0 Å². The van der Waals surface area contributed by atoms with E-state index in [0.29, 0.717) is 12.8 Å². The molecule has 0 heterocycles. The molecule has 1 aliphatic rings. The molecule has 1 fully saturated rings. The molecule has 0 aromatic heterocycles. The van der Waals surface area contributed by atoms with Crippen molar-refractivity contribution in [3.05, 3.63) is 0 Å². The highest BCUT2D eigenvalue weighted by atomic mass is 19.3. The summed E-state index contributed by atoms with van der Waals surface area (Å²) in [6, 6.07) is 0. The van der Waals surface area contributed by atoms with Crippen molar-refractivity contribution in [2.24, 2.45) is 0 Å². The molecule has 0 radical (unpaired) electrons. The summed E-state index contributed by atoms with van der Waals surface area (Å²) in [5.41, 5.74) is -0.974. The summed E-state index contributed by atoms with van der Waals surface area (Å²) >= 11 is 0. The van der Waals surface area contributed by atoms with E-state index in [1.807, 2.05) is 0 Å². The van der Waals surface area contributed by atoms with Gasteiger partial charge in [0, 0.05) is 6.42 Å². The Hall–Kier alpha value is -0.220. The molecule has 1 aliphatic carbocycles. The molecule has 1 saturated carbocycles. The molecule has 2 nitrogen and oxygen atoms in total. The van der Waals surface area contributed by atoms with Gasteiger partial charge in [0.25, 0.3) is 0 Å². The van der Waals surface area contributed by atoms with Crippen LogP contribution in [0.3, 0.4) is 0 Å². The van der Waals surface area contributed by atoms with E-state index in [0.717, 1.165) is 6.42 Å². The smallest absolute Gasteiger partial charge is 0.355 e. The van der Waals surface area contributed by atoms with Crippen molar-refractivity contribution in [2.45, 2.75) is 44.3 Å². The molecule has 1 rings (SSSR count). The predicted molar refractivity (Wildman–Crippen MR) is 40.0 cm³/mol. The molecule has 0 aromatic rings. The van der Waals surface area contributed by atoms with Gasteiger partial charge in [0.1, 0.15) is 0 Å². The fourth-order valence-electron chi connectivity index (χ4n) is 1.07. The Labute approximate surface area is 70.5 Å². The molecule has 0 spiro atoms. The zero-order valence-corrected chi connectivity index (χ0v) is 7.15. The number of rotatable bonds is 4. The van der Waals surface area contributed by atoms with Crippen molar-refractivity contribution in [3.8, 4) is 0 Å². The first kappa shape index (κ1) is 9.86. The summed E-state index contributed by atoms with van der Waals surface area (Å²) in [5, 5.41) is 9.41. The van der Waals surface area contributed by atoms with Gasteiger partial charge in [-0.05, 0) is 19.3 Å². The normalized spacial score (nSPS) is 22.0. The van der Waals surface area contributed by atoms with Crippen LogP contribution in [0.15, 0.2) is 0 Å². The molecule has 0 aliphatic heterocycles. The number of hydrogen-bond donors (Lipinski definition) is 1. The Morgan fingerprint density at radius 3 is 2.42 bits per heavy atom. The van der Waals surface area contributed by atoms with Crippen LogP contribution in [0.1, 0.15) is 32.6 Å². The quantitative estimate of drug-likeness (QED) is 0.716. The minimum absolute atomic E-state index is 0.242. The van der Waals surface area contributed by atoms with Crippen molar-refractivity contribution >= 4 is 0 Å². The Balaban J connectivity index is 2.24. The Kier molecular flexibility index (Phi) is 2.68. The van der Waals surface area contributed by atoms with Gasteiger partial charge in [-0.2, -0.15) is 8.78 Å². The van der Waals surface area contributed by atoms with Crippen LogP contribution in [0.2, 0.25) is 0 Å². The summed E-state index contributed by atoms with van der Waals surface area (Å²) in [6.07, 6.45) is -1.37. The van der Waals surface area contributed by atoms with Gasteiger partial charge < -0.3 is 9.84 Å². The minimum atomic E-state index is -3.08. The molecule has 0 unspecified atom stereocenters. The predicted octanol–water partition coefficient (Wildman–Crippen LogP) is 1.92. The fourth-order valence-corrected chi connectivity index (χ4v) is 1.07. The molecule has 12 heavy (non-hydrogen) atoms. The van der Waals surface area contributed by atoms with Gasteiger partial charge in [-0.15, -0.1) is 0 Å². The van der Waals surface area contributed by atoms with Gasteiger partial charge in [0.15, 0.2) is 0 Å². The maximum Gasteiger partial charge on any atom is 0.355 e. The molecular weight excluding hydrogens is 166 g/mol. The third-order valence-corrected chi connectivity index (χ3v) is 2.25. The van der Waals surface area contributed by atoms with Gasteiger partial charge in [-0.3, -0.25) is 0 Å². The molecule has 72 valence electrons. The van der Waals surface area contributed by atoms with Crippen molar-refractivity contribution in [2.75, 3.05) is 6.61 Å². The number of halogens is 2. The van der Waals surface area contributed by atoms with E-state index < -0.39 is 11.7 Å². The summed E-state index contributed by atoms with van der Waals surface area (Å²) < 4.78 is 29.3. The van der Waals surface area contributed by atoms with E-state index in [9.17, 15) is 13.9 Å². The highest BCUT2D eigenvalue weighted by Crippen LogP contribution is 2.33. The third-order valence-electron chi connectivity index (χ3n) is 2.25. The van der Waals surface area contributed by atoms with Crippen LogP contribution in [0.5, 0.6) is 0 Å². The second kappa shape index (κ2) is 3.26. The highest BCUT2D eigenvalue weighted by molar-refractivity contribution is 4.87. The molecule has 4 heteroatoms. The number of ether oxygens (including phenoxy) is 1. The van der Waals surface area contributed by atoms with E-state index in [2.05, 4.69) is 4.74 Å². The largest absolute Gasteiger partial charge is 0.387 e. The van der Waals surface area contributed by atoms with E-state index in [1.54, 1.807) is 0 Å². The molecule has 1 N–H and O–H groups in total. The summed E-state index contributed by atoms with van der Waals surface area (Å²) in [5.74, 6) is 0. The van der Waals surface area contributed by atoms with Crippen LogP contribution in [-0.4, -0.2) is 23.4 Å². The summed E-state index contributed by atoms with van der Waals surface area (Å²) in [7, 11) is 0. The summed E-state index contributed by atoms with van der Waals surface area (Å²) in [6.45, 7) is 1.11. The topological polar surface area (TPSA) is 29.5 Å². The van der Waals surface area contributed by atoms with E-state index in [-0.39, 0.29) is 13.0 Å². The van der Waals surface area contributed by atoms with Crippen LogP contribution < -0.4 is 0 Å². The van der Waals surface area contributed by atoms with Crippen molar-refractivity contribution < 1.29 is 18.6 Å². The highest BCUT2D eigenvalue weighted by Gasteiger charge is 2.38. The lowest BCUT2D eigenvalue weighted by Gasteiger charge is -2.37. The molecule has 0 saturated heterocycles. The zero-order chi connectivity index (χ0) is 9.24. The molecule has 0 aromatic carbocycles. The standard InChI is InChI=1S/C8H14F2O2/c1-2-8(9,10)12-6-7(11)4-3-5-7/h11H,2-6H2,1H3. The molecule has 0 bridgehead atoms. The number of alkyl halides is 2. The van der Waals surface area contributed by atoms with Gasteiger partial charge in [0.05, 0.1) is 12.2 Å². The average Bonchev–Trinajstić information content (AvgIpc) is 1.98. The minimum Gasteiger partial charge on any atom is -0.387 e. The van der Waals surface area contributed by atoms with Gasteiger partial charge in [0.2, 0.25) is 0 Å². The van der Waals surface area contributed by atoms with Crippen molar-refractivity contribution in [3.63, 3.8) is 0 Å². The number of aliphatic hydroxyl groups is 1. The average molecular weight is 180 g/mol. The Morgan fingerprint density at radius 2 is 2.08 bits per heavy atom. The molecular formula is C8H14F2O2. The lowest BCUT2D eigenvalue weighted by Crippen LogP contribution is -2.43. The third kappa shape index (κ3) is 2.38. The SMILES string of the molecule is CCC(F)(F)OCC1(O)CCC1. The molecule has 0 amide bonds. The van der Waals surface area contributed by atoms with Crippen molar-refractivity contribution in [1.29, 1.82) is 0 Å². The first-order valence-electron chi connectivity index (χ1n) is 4.22. The first-order valence-corrected chi connectivity index (χ1v) is 4.22. The van der Waals surface area contributed by atoms with Gasteiger partial charge in [-0.25, -0.2) is 0 Å². The van der Waals surface area contributed by atoms with Crippen LogP contribution >= 0.6 is 0 Å². The second-order valence-corrected chi connectivity index (χ2v) is 3.36. The fraction of sp³-hybridized carbons (Fsp3) is 1.00. The van der Waals surface area contributed by atoms with Crippen LogP contribution in [-0.2, 0) is 4.74 Å². The first-order chi connectivity index (χ1) is 5.47. The van der Waals surface area contributed by atoms with E-state index in [1.165, 1.54) is 6.92 Å². The summed E-state index contributed by atoms with van der Waals surface area (Å²) in [4.78, 5) is 0. The zero-order valence-electron chi connectivity index (χ0n) is 7.15. The van der Waals surface area contributed by atoms with E-state index >= 15 is 0 Å². The van der Waals surface area contributed by atoms with E-state index in [4.69, 9.17) is 0 Å². The molecule has 0 atom stereocenters. The van der Waals surface area contributed by atoms with Gasteiger partial charge in [-0.1, -0.05) is 6.92 Å². The second-order valence-electron chi connectivity index (χ2n) is 3.36. The van der Waals surface area contributed by atoms with Crippen LogP contribution in [0, 0.1) is 0 Å². The monoisotopic (exact) mass is 180 g/mol.